The Balaban J connectivity index is 2.67. The van der Waals surface area contributed by atoms with E-state index in [1.54, 1.807) is 24.3 Å². The molecule has 2 atom stereocenters. The summed E-state index contributed by atoms with van der Waals surface area (Å²) in [7, 11) is 1.41. The van der Waals surface area contributed by atoms with E-state index in [9.17, 15) is 14.7 Å². The van der Waals surface area contributed by atoms with Gasteiger partial charge < -0.3 is 19.9 Å². The van der Waals surface area contributed by atoms with E-state index < -0.39 is 24.0 Å². The van der Waals surface area contributed by atoms with E-state index in [-0.39, 0.29) is 18.6 Å². The van der Waals surface area contributed by atoms with Gasteiger partial charge in [0.1, 0.15) is 6.04 Å². The lowest BCUT2D eigenvalue weighted by Crippen LogP contribution is -2.44. The van der Waals surface area contributed by atoms with E-state index in [0.717, 1.165) is 0 Å². The molecule has 6 heteroatoms. The maximum atomic E-state index is 12.3. The van der Waals surface area contributed by atoms with Crippen molar-refractivity contribution in [1.29, 1.82) is 0 Å². The molecule has 0 radical (unpaired) electrons. The SMILES string of the molecule is CO[C@@H](C(=O)NC(CCOC(C)(C)C)C(=O)O)c1ccccc1. The van der Waals surface area contributed by atoms with Gasteiger partial charge in [0.15, 0.2) is 6.10 Å². The molecule has 1 aromatic rings. The van der Waals surface area contributed by atoms with E-state index in [0.29, 0.717) is 5.56 Å². The molecule has 2 N–H and O–H groups in total. The monoisotopic (exact) mass is 323 g/mol. The Morgan fingerprint density at radius 1 is 1.22 bits per heavy atom. The first-order valence-corrected chi connectivity index (χ1v) is 7.49. The fourth-order valence-corrected chi connectivity index (χ4v) is 2.01. The normalized spacial score (nSPS) is 14.1. The van der Waals surface area contributed by atoms with Crippen molar-refractivity contribution in [3.8, 4) is 0 Å². The summed E-state index contributed by atoms with van der Waals surface area (Å²) in [5.41, 5.74) is 0.314. The second-order valence-corrected chi connectivity index (χ2v) is 6.18. The largest absolute Gasteiger partial charge is 0.480 e. The number of nitrogens with one attached hydrogen (secondary N) is 1. The van der Waals surface area contributed by atoms with E-state index in [2.05, 4.69) is 5.32 Å². The van der Waals surface area contributed by atoms with Gasteiger partial charge in [-0.1, -0.05) is 30.3 Å². The van der Waals surface area contributed by atoms with Crippen molar-refractivity contribution < 1.29 is 24.2 Å². The number of benzene rings is 1. The summed E-state index contributed by atoms with van der Waals surface area (Å²) in [5.74, 6) is -1.58. The maximum Gasteiger partial charge on any atom is 0.326 e. The van der Waals surface area contributed by atoms with Gasteiger partial charge in [-0.15, -0.1) is 0 Å². The standard InChI is InChI=1S/C17H25NO5/c1-17(2,3)23-11-10-13(16(20)21)18-15(19)14(22-4)12-8-6-5-7-9-12/h5-9,13-14H,10-11H2,1-4H3,(H,18,19)(H,20,21)/t13?,14-/m1/s1. The molecule has 1 unspecified atom stereocenters. The third-order valence-corrected chi connectivity index (χ3v) is 3.13. The molecule has 0 saturated carbocycles. The summed E-state index contributed by atoms with van der Waals surface area (Å²) in [4.78, 5) is 23.6. The lowest BCUT2D eigenvalue weighted by atomic mass is 10.1. The molecule has 0 fully saturated rings. The smallest absolute Gasteiger partial charge is 0.326 e. The van der Waals surface area contributed by atoms with E-state index in [4.69, 9.17) is 9.47 Å². The minimum Gasteiger partial charge on any atom is -0.480 e. The zero-order chi connectivity index (χ0) is 17.5. The summed E-state index contributed by atoms with van der Waals surface area (Å²) >= 11 is 0. The van der Waals surface area contributed by atoms with Crippen molar-refractivity contribution in [3.63, 3.8) is 0 Å². The Bertz CT molecular complexity index is 509. The number of hydrogen-bond donors (Lipinski definition) is 2. The Morgan fingerprint density at radius 2 is 1.83 bits per heavy atom. The highest BCUT2D eigenvalue weighted by molar-refractivity contribution is 5.87. The average molecular weight is 323 g/mol. The van der Waals surface area contributed by atoms with Gasteiger partial charge in [-0.05, 0) is 26.3 Å². The minimum atomic E-state index is -1.10. The van der Waals surface area contributed by atoms with E-state index >= 15 is 0 Å². The van der Waals surface area contributed by atoms with Gasteiger partial charge in [-0.2, -0.15) is 0 Å². The van der Waals surface area contributed by atoms with Crippen molar-refractivity contribution in [1.82, 2.24) is 5.32 Å². The third-order valence-electron chi connectivity index (χ3n) is 3.13. The molecular formula is C17H25NO5. The summed E-state index contributed by atoms with van der Waals surface area (Å²) in [5, 5.41) is 11.8. The summed E-state index contributed by atoms with van der Waals surface area (Å²) < 4.78 is 10.7. The lowest BCUT2D eigenvalue weighted by Gasteiger charge is -2.23. The summed E-state index contributed by atoms with van der Waals surface area (Å²) in [6.07, 6.45) is -0.662. The topological polar surface area (TPSA) is 84.9 Å². The molecular weight excluding hydrogens is 298 g/mol. The van der Waals surface area contributed by atoms with Crippen LogP contribution in [0.4, 0.5) is 0 Å². The van der Waals surface area contributed by atoms with E-state index in [1.807, 2.05) is 26.8 Å². The quantitative estimate of drug-likeness (QED) is 0.766. The average Bonchev–Trinajstić information content (AvgIpc) is 2.46. The Labute approximate surface area is 136 Å². The molecule has 0 aliphatic heterocycles. The number of hydrogen-bond acceptors (Lipinski definition) is 4. The molecule has 0 aliphatic carbocycles. The van der Waals surface area contributed by atoms with Crippen molar-refractivity contribution in [2.75, 3.05) is 13.7 Å². The lowest BCUT2D eigenvalue weighted by molar-refractivity contribution is -0.145. The van der Waals surface area contributed by atoms with Gasteiger partial charge in [0.2, 0.25) is 0 Å². The molecule has 6 nitrogen and oxygen atoms in total. The molecule has 0 aliphatic rings. The summed E-state index contributed by atoms with van der Waals surface area (Å²) in [6, 6.07) is 7.91. The van der Waals surface area contributed by atoms with Crippen molar-refractivity contribution in [3.05, 3.63) is 35.9 Å². The zero-order valence-corrected chi connectivity index (χ0v) is 14.0. The van der Waals surface area contributed by atoms with Gasteiger partial charge >= 0.3 is 5.97 Å². The second kappa shape index (κ2) is 8.64. The van der Waals surface area contributed by atoms with Crippen LogP contribution in [0.25, 0.3) is 0 Å². The van der Waals surface area contributed by atoms with Gasteiger partial charge in [-0.3, -0.25) is 4.79 Å². The van der Waals surface area contributed by atoms with Crippen molar-refractivity contribution in [2.45, 2.75) is 44.9 Å². The third kappa shape index (κ3) is 6.80. The van der Waals surface area contributed by atoms with Gasteiger partial charge in [0.25, 0.3) is 5.91 Å². The first kappa shape index (κ1) is 19.1. The molecule has 128 valence electrons. The molecule has 0 heterocycles. The first-order valence-electron chi connectivity index (χ1n) is 7.49. The van der Waals surface area contributed by atoms with Crippen LogP contribution in [-0.2, 0) is 19.1 Å². The van der Waals surface area contributed by atoms with Crippen LogP contribution in [0.5, 0.6) is 0 Å². The maximum absolute atomic E-state index is 12.3. The highest BCUT2D eigenvalue weighted by Gasteiger charge is 2.26. The number of carboxylic acids is 1. The van der Waals surface area contributed by atoms with Crippen molar-refractivity contribution >= 4 is 11.9 Å². The molecule has 1 aromatic carbocycles. The van der Waals surface area contributed by atoms with Crippen LogP contribution in [0.2, 0.25) is 0 Å². The molecule has 23 heavy (non-hydrogen) atoms. The predicted octanol–water partition coefficient (Wildman–Crippen LogP) is 2.15. The number of amides is 1. The number of rotatable bonds is 8. The number of methoxy groups -OCH3 is 1. The molecule has 0 aromatic heterocycles. The highest BCUT2D eigenvalue weighted by atomic mass is 16.5. The Hall–Kier alpha value is -1.92. The molecule has 1 rings (SSSR count). The first-order chi connectivity index (χ1) is 10.7. The number of carbonyl (C=O) groups is 2. The second-order valence-electron chi connectivity index (χ2n) is 6.18. The van der Waals surface area contributed by atoms with E-state index in [1.165, 1.54) is 7.11 Å². The fraction of sp³-hybridized carbons (Fsp3) is 0.529. The Morgan fingerprint density at radius 3 is 2.30 bits per heavy atom. The van der Waals surface area contributed by atoms with Gasteiger partial charge in [0, 0.05) is 20.1 Å². The van der Waals surface area contributed by atoms with Crippen LogP contribution < -0.4 is 5.32 Å². The van der Waals surface area contributed by atoms with Gasteiger partial charge in [-0.25, -0.2) is 4.79 Å². The number of aliphatic carboxylic acids is 1. The van der Waals surface area contributed by atoms with Crippen LogP contribution in [0.3, 0.4) is 0 Å². The predicted molar refractivity (Wildman–Crippen MR) is 86.1 cm³/mol. The van der Waals surface area contributed by atoms with Crippen LogP contribution in [-0.4, -0.2) is 42.3 Å². The summed E-state index contributed by atoms with van der Waals surface area (Å²) in [6.45, 7) is 5.90. The number of ether oxygens (including phenoxy) is 2. The van der Waals surface area contributed by atoms with Crippen molar-refractivity contribution in [2.24, 2.45) is 0 Å². The van der Waals surface area contributed by atoms with Crippen LogP contribution >= 0.6 is 0 Å². The Kier molecular flexibility index (Phi) is 7.19. The molecule has 1 amide bonds. The zero-order valence-electron chi connectivity index (χ0n) is 14.0. The number of carbonyl (C=O) groups excluding carboxylic acids is 1. The molecule has 0 bridgehead atoms. The molecule has 0 saturated heterocycles. The fourth-order valence-electron chi connectivity index (χ4n) is 2.01. The highest BCUT2D eigenvalue weighted by Crippen LogP contribution is 2.17. The van der Waals surface area contributed by atoms with Crippen LogP contribution in [0.1, 0.15) is 38.9 Å². The number of carboxylic acid groups (broad SMARTS) is 1. The van der Waals surface area contributed by atoms with Crippen LogP contribution in [0, 0.1) is 0 Å². The minimum absolute atomic E-state index is 0.184. The molecule has 0 spiro atoms. The van der Waals surface area contributed by atoms with Gasteiger partial charge in [0.05, 0.1) is 5.60 Å². The van der Waals surface area contributed by atoms with Crippen LogP contribution in [0.15, 0.2) is 30.3 Å².